The maximum absolute atomic E-state index is 13.8. The largest absolute Gasteiger partial charge is 0.494 e. The molecule has 0 atom stereocenters. The molecule has 1 fully saturated rings. The van der Waals surface area contributed by atoms with Crippen LogP contribution in [0, 0.1) is 5.82 Å². The van der Waals surface area contributed by atoms with Crippen LogP contribution in [0.15, 0.2) is 42.5 Å². The fraction of sp³-hybridized carbons (Fsp3) is 0.318. The summed E-state index contributed by atoms with van der Waals surface area (Å²) in [5.41, 5.74) is 1.78. The third kappa shape index (κ3) is 4.94. The van der Waals surface area contributed by atoms with Crippen LogP contribution in [-0.4, -0.2) is 49.9 Å². The predicted octanol–water partition coefficient (Wildman–Crippen LogP) is 2.35. The molecular formula is C22H24FN3O4. The number of nitrogens with zero attached hydrogens (tertiary/aromatic N) is 2. The third-order valence-electron chi connectivity index (χ3n) is 4.98. The van der Waals surface area contributed by atoms with Crippen LogP contribution in [0.1, 0.15) is 28.8 Å². The molecule has 0 spiro atoms. The summed E-state index contributed by atoms with van der Waals surface area (Å²) in [6, 6.07) is 11.2. The van der Waals surface area contributed by atoms with Gasteiger partial charge in [0.1, 0.15) is 0 Å². The summed E-state index contributed by atoms with van der Waals surface area (Å²) in [7, 11) is 2.97. The van der Waals surface area contributed by atoms with Crippen molar-refractivity contribution in [2.45, 2.75) is 19.4 Å². The molecule has 1 aliphatic rings. The van der Waals surface area contributed by atoms with Crippen LogP contribution in [0.2, 0.25) is 0 Å². The van der Waals surface area contributed by atoms with Crippen molar-refractivity contribution in [1.29, 1.82) is 0 Å². The molecule has 1 saturated heterocycles. The molecule has 1 heterocycles. The van der Waals surface area contributed by atoms with Crippen LogP contribution in [0.5, 0.6) is 5.75 Å². The Balaban J connectivity index is 1.51. The fourth-order valence-electron chi connectivity index (χ4n) is 3.28. The first-order valence-corrected chi connectivity index (χ1v) is 9.64. The number of carbonyl (C=O) groups excluding carboxylic acids is 3. The molecule has 0 saturated carbocycles. The van der Waals surface area contributed by atoms with Gasteiger partial charge in [-0.05, 0) is 48.4 Å². The van der Waals surface area contributed by atoms with Crippen LogP contribution in [-0.2, 0) is 16.1 Å². The molecular weight excluding hydrogens is 389 g/mol. The number of likely N-dealkylation sites (N-methyl/N-ethyl adjacent to an activating group) is 1. The van der Waals surface area contributed by atoms with Crippen LogP contribution >= 0.6 is 0 Å². The lowest BCUT2D eigenvalue weighted by atomic mass is 10.2. The second kappa shape index (κ2) is 9.39. The summed E-state index contributed by atoms with van der Waals surface area (Å²) in [5.74, 6) is -0.966. The number of halogens is 1. The Kier molecular flexibility index (Phi) is 6.66. The van der Waals surface area contributed by atoms with Gasteiger partial charge in [0.15, 0.2) is 11.6 Å². The van der Waals surface area contributed by atoms with Gasteiger partial charge in [0, 0.05) is 37.8 Å². The first kappa shape index (κ1) is 21.3. The Hall–Kier alpha value is -3.42. The minimum Gasteiger partial charge on any atom is -0.494 e. The average Bonchev–Trinajstić information content (AvgIpc) is 3.17. The summed E-state index contributed by atoms with van der Waals surface area (Å²) < 4.78 is 18.7. The molecule has 2 aromatic carbocycles. The fourth-order valence-corrected chi connectivity index (χ4v) is 3.28. The van der Waals surface area contributed by atoms with Gasteiger partial charge in [0.2, 0.25) is 11.8 Å². The average molecular weight is 413 g/mol. The Bertz CT molecular complexity index is 946. The van der Waals surface area contributed by atoms with Gasteiger partial charge in [-0.1, -0.05) is 6.07 Å². The maximum Gasteiger partial charge on any atom is 0.251 e. The third-order valence-corrected chi connectivity index (χ3v) is 4.98. The Labute approximate surface area is 174 Å². The number of benzene rings is 2. The molecule has 0 radical (unpaired) electrons. The SMILES string of the molecule is COc1ccc(CN(C)C(=O)CNC(=O)c2ccc(N3CCCC3=O)cc2)cc1F. The number of carbonyl (C=O) groups is 3. The molecule has 0 aromatic heterocycles. The number of hydrogen-bond acceptors (Lipinski definition) is 4. The number of rotatable bonds is 7. The lowest BCUT2D eigenvalue weighted by Crippen LogP contribution is -2.37. The number of anilines is 1. The first-order chi connectivity index (χ1) is 14.4. The summed E-state index contributed by atoms with van der Waals surface area (Å²) in [5, 5.41) is 2.59. The van der Waals surface area contributed by atoms with E-state index in [1.54, 1.807) is 42.3 Å². The zero-order chi connectivity index (χ0) is 21.7. The van der Waals surface area contributed by atoms with Crippen molar-refractivity contribution in [2.24, 2.45) is 0 Å². The summed E-state index contributed by atoms with van der Waals surface area (Å²) in [6.07, 6.45) is 1.38. The highest BCUT2D eigenvalue weighted by Gasteiger charge is 2.21. The van der Waals surface area contributed by atoms with Gasteiger partial charge in [-0.15, -0.1) is 0 Å². The van der Waals surface area contributed by atoms with E-state index in [-0.39, 0.29) is 36.6 Å². The first-order valence-electron chi connectivity index (χ1n) is 9.64. The second-order valence-electron chi connectivity index (χ2n) is 7.10. The summed E-state index contributed by atoms with van der Waals surface area (Å²) in [4.78, 5) is 39.5. The molecule has 7 nitrogen and oxygen atoms in total. The van der Waals surface area contributed by atoms with E-state index in [1.807, 2.05) is 0 Å². The standard InChI is InChI=1S/C22H24FN3O4/c1-25(14-15-5-10-19(30-2)18(23)12-15)21(28)13-24-22(29)16-6-8-17(9-7-16)26-11-3-4-20(26)27/h5-10,12H,3-4,11,13-14H2,1-2H3,(H,24,29). The molecule has 0 unspecified atom stereocenters. The quantitative estimate of drug-likeness (QED) is 0.756. The van der Waals surface area contributed by atoms with Crippen molar-refractivity contribution in [3.63, 3.8) is 0 Å². The van der Waals surface area contributed by atoms with Crippen LogP contribution in [0.4, 0.5) is 10.1 Å². The van der Waals surface area contributed by atoms with E-state index in [0.29, 0.717) is 24.1 Å². The summed E-state index contributed by atoms with van der Waals surface area (Å²) in [6.45, 7) is 0.706. The summed E-state index contributed by atoms with van der Waals surface area (Å²) >= 11 is 0. The van der Waals surface area contributed by atoms with E-state index in [9.17, 15) is 18.8 Å². The molecule has 30 heavy (non-hydrogen) atoms. The van der Waals surface area contributed by atoms with Crippen molar-refractivity contribution in [3.05, 3.63) is 59.4 Å². The number of nitrogens with one attached hydrogen (secondary N) is 1. The van der Waals surface area contributed by atoms with Crippen LogP contribution < -0.4 is 15.0 Å². The van der Waals surface area contributed by atoms with E-state index < -0.39 is 5.82 Å². The van der Waals surface area contributed by atoms with Crippen molar-refractivity contribution >= 4 is 23.4 Å². The minimum absolute atomic E-state index is 0.0811. The molecule has 3 rings (SSSR count). The van der Waals surface area contributed by atoms with Crippen molar-refractivity contribution in [3.8, 4) is 5.75 Å². The van der Waals surface area contributed by atoms with Gasteiger partial charge in [0.25, 0.3) is 5.91 Å². The minimum atomic E-state index is -0.497. The van der Waals surface area contributed by atoms with E-state index in [4.69, 9.17) is 4.74 Å². The normalized spacial score (nSPS) is 13.3. The van der Waals surface area contributed by atoms with Gasteiger partial charge in [-0.3, -0.25) is 14.4 Å². The van der Waals surface area contributed by atoms with E-state index in [2.05, 4.69) is 5.32 Å². The van der Waals surface area contributed by atoms with E-state index in [1.165, 1.54) is 24.1 Å². The molecule has 8 heteroatoms. The lowest BCUT2D eigenvalue weighted by molar-refractivity contribution is -0.129. The zero-order valence-electron chi connectivity index (χ0n) is 17.0. The molecule has 1 N–H and O–H groups in total. The molecule has 3 amide bonds. The van der Waals surface area contributed by atoms with Gasteiger partial charge < -0.3 is 19.9 Å². The van der Waals surface area contributed by atoms with Crippen LogP contribution in [0.25, 0.3) is 0 Å². The monoisotopic (exact) mass is 413 g/mol. The number of ether oxygens (including phenoxy) is 1. The number of amides is 3. The highest BCUT2D eigenvalue weighted by atomic mass is 19.1. The highest BCUT2D eigenvalue weighted by molar-refractivity contribution is 5.98. The van der Waals surface area contributed by atoms with Crippen molar-refractivity contribution < 1.29 is 23.5 Å². The van der Waals surface area contributed by atoms with Crippen molar-refractivity contribution in [1.82, 2.24) is 10.2 Å². The number of hydrogen-bond donors (Lipinski definition) is 1. The molecule has 0 aliphatic carbocycles. The highest BCUT2D eigenvalue weighted by Crippen LogP contribution is 2.21. The molecule has 1 aliphatic heterocycles. The van der Waals surface area contributed by atoms with E-state index in [0.717, 1.165) is 12.1 Å². The molecule has 158 valence electrons. The van der Waals surface area contributed by atoms with Gasteiger partial charge in [-0.2, -0.15) is 0 Å². The topological polar surface area (TPSA) is 79.0 Å². The van der Waals surface area contributed by atoms with E-state index >= 15 is 0 Å². The molecule has 0 bridgehead atoms. The predicted molar refractivity (Wildman–Crippen MR) is 110 cm³/mol. The van der Waals surface area contributed by atoms with Gasteiger partial charge in [-0.25, -0.2) is 4.39 Å². The second-order valence-corrected chi connectivity index (χ2v) is 7.10. The Morgan fingerprint density at radius 1 is 1.20 bits per heavy atom. The van der Waals surface area contributed by atoms with Gasteiger partial charge in [0.05, 0.1) is 13.7 Å². The maximum atomic E-state index is 13.8. The molecule has 2 aromatic rings. The Morgan fingerprint density at radius 3 is 2.53 bits per heavy atom. The zero-order valence-corrected chi connectivity index (χ0v) is 17.0. The van der Waals surface area contributed by atoms with Crippen molar-refractivity contribution in [2.75, 3.05) is 32.1 Å². The number of methoxy groups -OCH3 is 1. The van der Waals surface area contributed by atoms with Gasteiger partial charge >= 0.3 is 0 Å². The lowest BCUT2D eigenvalue weighted by Gasteiger charge is -2.18. The smallest absolute Gasteiger partial charge is 0.251 e. The Morgan fingerprint density at radius 2 is 1.93 bits per heavy atom. The van der Waals surface area contributed by atoms with Crippen LogP contribution in [0.3, 0.4) is 0 Å².